The monoisotopic (exact) mass is 436 g/mol. The number of dihydropyridines is 1. The van der Waals surface area contributed by atoms with Gasteiger partial charge in [0.25, 0.3) is 5.84 Å². The van der Waals surface area contributed by atoms with Gasteiger partial charge in [0.15, 0.2) is 5.92 Å². The van der Waals surface area contributed by atoms with Crippen molar-refractivity contribution in [1.82, 2.24) is 14.7 Å². The molecule has 11 heteroatoms. The van der Waals surface area contributed by atoms with E-state index in [0.717, 1.165) is 15.4 Å². The minimum Gasteiger partial charge on any atom is -0.450 e. The van der Waals surface area contributed by atoms with Gasteiger partial charge in [0.1, 0.15) is 6.21 Å². The predicted molar refractivity (Wildman–Crippen MR) is 112 cm³/mol. The molecule has 1 unspecified atom stereocenters. The molecule has 30 heavy (non-hydrogen) atoms. The molecule has 0 aliphatic carbocycles. The molecule has 0 saturated carbocycles. The Labute approximate surface area is 179 Å². The first kappa shape index (κ1) is 22.0. The third-order valence-corrected chi connectivity index (χ3v) is 6.56. The number of amides is 5. The van der Waals surface area contributed by atoms with Crippen LogP contribution in [-0.2, 0) is 14.3 Å². The topological polar surface area (TPSA) is 103 Å². The Hall–Kier alpha value is -2.69. The van der Waals surface area contributed by atoms with Crippen LogP contribution in [0.3, 0.4) is 0 Å². The highest BCUT2D eigenvalue weighted by Gasteiger charge is 2.48. The van der Waals surface area contributed by atoms with E-state index in [1.54, 1.807) is 30.0 Å². The molecule has 5 amide bonds. The van der Waals surface area contributed by atoms with Gasteiger partial charge in [-0.2, -0.15) is 9.48 Å². The fourth-order valence-corrected chi connectivity index (χ4v) is 4.66. The molecule has 1 atom stereocenters. The van der Waals surface area contributed by atoms with Crippen LogP contribution in [0.4, 0.5) is 9.59 Å². The second-order valence-corrected chi connectivity index (χ2v) is 8.21. The van der Waals surface area contributed by atoms with Crippen LogP contribution in [0.25, 0.3) is 0 Å². The number of carbonyl (C=O) groups excluding carboxylic acids is 4. The molecule has 0 bridgehead atoms. The minimum atomic E-state index is -0.679. The van der Waals surface area contributed by atoms with Gasteiger partial charge in [-0.05, 0) is 19.4 Å². The lowest BCUT2D eigenvalue weighted by molar-refractivity contribution is -0.407. The van der Waals surface area contributed by atoms with Gasteiger partial charge < -0.3 is 14.5 Å². The molecule has 0 N–H and O–H groups in total. The Balaban J connectivity index is 1.65. The van der Waals surface area contributed by atoms with Crippen molar-refractivity contribution in [3.63, 3.8) is 0 Å². The SMILES string of the molecule is CCOC(=O)N1CCN(C(=O)CSC2=C(C)C=NC3=[N+](C)C(=O)N(C)C(=O)C23)CC1. The van der Waals surface area contributed by atoms with Crippen molar-refractivity contribution >= 4 is 47.8 Å². The summed E-state index contributed by atoms with van der Waals surface area (Å²) in [5.41, 5.74) is 0.804. The maximum atomic E-state index is 12.8. The summed E-state index contributed by atoms with van der Waals surface area (Å²) in [4.78, 5) is 58.9. The van der Waals surface area contributed by atoms with Crippen molar-refractivity contribution in [2.24, 2.45) is 10.9 Å². The van der Waals surface area contributed by atoms with E-state index >= 15 is 0 Å². The largest absolute Gasteiger partial charge is 0.450 e. The van der Waals surface area contributed by atoms with Gasteiger partial charge in [-0.1, -0.05) is 0 Å². The van der Waals surface area contributed by atoms with Gasteiger partial charge in [-0.25, -0.2) is 9.59 Å². The Morgan fingerprint density at radius 2 is 1.87 bits per heavy atom. The summed E-state index contributed by atoms with van der Waals surface area (Å²) in [6, 6.07) is -0.428. The number of hydrogen-bond acceptors (Lipinski definition) is 7. The number of urea groups is 1. The molecule has 0 aromatic carbocycles. The smallest absolute Gasteiger partial charge is 0.445 e. The summed E-state index contributed by atoms with van der Waals surface area (Å²) in [5.74, 6) is -0.540. The molecule has 3 aliphatic rings. The number of carbonyl (C=O) groups is 4. The molecule has 3 heterocycles. The van der Waals surface area contributed by atoms with E-state index in [1.165, 1.54) is 23.4 Å². The molecule has 1 fully saturated rings. The van der Waals surface area contributed by atoms with Gasteiger partial charge in [0.05, 0.1) is 26.5 Å². The fourth-order valence-electron chi connectivity index (χ4n) is 3.54. The standard InChI is InChI=1S/C19H26N5O5S/c1-5-29-19(28)24-8-6-23(7-9-24)13(25)11-30-15-12(2)10-20-16-14(15)17(26)22(4)18(27)21(16)3/h10,14H,5-9,11H2,1-4H3/q+1. The number of rotatable bonds is 4. The molecule has 0 aromatic heterocycles. The van der Waals surface area contributed by atoms with Crippen LogP contribution in [0.2, 0.25) is 0 Å². The molecule has 3 aliphatic heterocycles. The Morgan fingerprint density at radius 1 is 1.23 bits per heavy atom. The van der Waals surface area contributed by atoms with Gasteiger partial charge in [0.2, 0.25) is 5.91 Å². The lowest BCUT2D eigenvalue weighted by atomic mass is 9.99. The number of allylic oxidation sites excluding steroid dienone is 1. The summed E-state index contributed by atoms with van der Waals surface area (Å²) in [6.07, 6.45) is 1.27. The van der Waals surface area contributed by atoms with Crippen LogP contribution < -0.4 is 0 Å². The third kappa shape index (κ3) is 4.11. The normalized spacial score (nSPS) is 22.0. The predicted octanol–water partition coefficient (Wildman–Crippen LogP) is 0.628. The number of thioether (sulfide) groups is 1. The summed E-state index contributed by atoms with van der Waals surface area (Å²) >= 11 is 1.30. The zero-order valence-corrected chi connectivity index (χ0v) is 18.4. The number of nitrogens with zero attached hydrogens (tertiary/aromatic N) is 5. The zero-order valence-electron chi connectivity index (χ0n) is 17.6. The summed E-state index contributed by atoms with van der Waals surface area (Å²) in [5, 5.41) is 0. The lowest BCUT2D eigenvalue weighted by Crippen LogP contribution is -2.53. The molecule has 1 saturated heterocycles. The molecule has 0 spiro atoms. The zero-order chi connectivity index (χ0) is 22.0. The van der Waals surface area contributed by atoms with Crippen LogP contribution >= 0.6 is 11.8 Å². The summed E-state index contributed by atoms with van der Waals surface area (Å²) in [6.45, 7) is 5.67. The first-order valence-electron chi connectivity index (χ1n) is 9.75. The molecular weight excluding hydrogens is 410 g/mol. The molecule has 3 rings (SSSR count). The second kappa shape index (κ2) is 8.99. The van der Waals surface area contributed by atoms with Gasteiger partial charge in [-0.15, -0.1) is 16.8 Å². The highest BCUT2D eigenvalue weighted by molar-refractivity contribution is 8.03. The van der Waals surface area contributed by atoms with E-state index in [1.807, 2.05) is 6.92 Å². The van der Waals surface area contributed by atoms with E-state index < -0.39 is 11.9 Å². The van der Waals surface area contributed by atoms with Crippen LogP contribution in [0.5, 0.6) is 0 Å². The number of hydrogen-bond donors (Lipinski definition) is 0. The van der Waals surface area contributed by atoms with Crippen LogP contribution in [0.15, 0.2) is 15.5 Å². The van der Waals surface area contributed by atoms with Crippen LogP contribution in [-0.4, -0.2) is 108 Å². The lowest BCUT2D eigenvalue weighted by Gasteiger charge is -2.34. The van der Waals surface area contributed by atoms with E-state index in [9.17, 15) is 19.2 Å². The van der Waals surface area contributed by atoms with Crippen molar-refractivity contribution in [3.8, 4) is 0 Å². The summed E-state index contributed by atoms with van der Waals surface area (Å²) in [7, 11) is 3.03. The van der Waals surface area contributed by atoms with E-state index in [2.05, 4.69) is 4.99 Å². The maximum Gasteiger partial charge on any atom is 0.445 e. The first-order chi connectivity index (χ1) is 14.3. The van der Waals surface area contributed by atoms with E-state index in [4.69, 9.17) is 4.74 Å². The molecule has 0 aromatic rings. The number of imide groups is 1. The van der Waals surface area contributed by atoms with Crippen LogP contribution in [0, 0.1) is 5.92 Å². The van der Waals surface area contributed by atoms with Crippen molar-refractivity contribution in [2.45, 2.75) is 13.8 Å². The first-order valence-corrected chi connectivity index (χ1v) is 10.7. The van der Waals surface area contributed by atoms with E-state index in [0.29, 0.717) is 38.6 Å². The molecule has 10 nitrogen and oxygen atoms in total. The second-order valence-electron chi connectivity index (χ2n) is 7.19. The van der Waals surface area contributed by atoms with Gasteiger partial charge in [-0.3, -0.25) is 9.59 Å². The Morgan fingerprint density at radius 3 is 2.50 bits per heavy atom. The number of aliphatic imine (C=N–C) groups is 1. The maximum absolute atomic E-state index is 12.8. The highest BCUT2D eigenvalue weighted by Crippen LogP contribution is 2.34. The highest BCUT2D eigenvalue weighted by atomic mass is 32.2. The van der Waals surface area contributed by atoms with E-state index in [-0.39, 0.29) is 23.7 Å². The number of piperazine rings is 1. The fraction of sp³-hybridized carbons (Fsp3) is 0.579. The van der Waals surface area contributed by atoms with Gasteiger partial charge in [0, 0.05) is 31.1 Å². The average Bonchev–Trinajstić information content (AvgIpc) is 2.75. The van der Waals surface area contributed by atoms with Crippen molar-refractivity contribution in [3.05, 3.63) is 10.5 Å². The van der Waals surface area contributed by atoms with Crippen molar-refractivity contribution in [2.75, 3.05) is 52.6 Å². The van der Waals surface area contributed by atoms with Crippen molar-refractivity contribution in [1.29, 1.82) is 0 Å². The van der Waals surface area contributed by atoms with Crippen LogP contribution in [0.1, 0.15) is 13.8 Å². The molecule has 0 radical (unpaired) electrons. The average molecular weight is 437 g/mol. The number of ether oxygens (including phenoxy) is 1. The minimum absolute atomic E-state index is 0.0612. The Kier molecular flexibility index (Phi) is 6.59. The van der Waals surface area contributed by atoms with Crippen molar-refractivity contribution < 1.29 is 28.5 Å². The number of amidine groups is 1. The molecule has 162 valence electrons. The quantitative estimate of drug-likeness (QED) is 0.599. The third-order valence-electron chi connectivity index (χ3n) is 5.30. The number of fused-ring (bicyclic) bond motifs is 1. The Bertz CT molecular complexity index is 873. The summed E-state index contributed by atoms with van der Waals surface area (Å²) < 4.78 is 6.36. The molecular formula is C19H26N5O5S+. The van der Waals surface area contributed by atoms with Gasteiger partial charge >= 0.3 is 18.0 Å².